The lowest BCUT2D eigenvalue weighted by Crippen LogP contribution is -2.51. The van der Waals surface area contributed by atoms with E-state index in [0.29, 0.717) is 33.3 Å². The Hall–Kier alpha value is -3.07. The zero-order valence-corrected chi connectivity index (χ0v) is 24.1. The number of carbonyl (C=O) groups is 2. The molecule has 0 heterocycles. The maximum absolute atomic E-state index is 13.9. The number of hydrogen-bond acceptors (Lipinski definition) is 4. The molecule has 202 valence electrons. The van der Waals surface area contributed by atoms with E-state index in [1.807, 2.05) is 6.92 Å². The lowest BCUT2D eigenvalue weighted by Gasteiger charge is -2.33. The van der Waals surface area contributed by atoms with Crippen molar-refractivity contribution in [3.05, 3.63) is 93.5 Å². The number of likely N-dealkylation sites (N-methyl/N-ethyl adjacent to an activating group) is 1. The maximum Gasteiger partial charge on any atom is 0.264 e. The summed E-state index contributed by atoms with van der Waals surface area (Å²) in [5.41, 5.74) is 2.43. The van der Waals surface area contributed by atoms with E-state index in [-0.39, 0.29) is 17.3 Å². The highest BCUT2D eigenvalue weighted by molar-refractivity contribution is 7.92. The molecular weight excluding hydrogens is 545 g/mol. The number of hydrogen-bond donors (Lipinski definition) is 1. The second-order valence-electron chi connectivity index (χ2n) is 8.91. The van der Waals surface area contributed by atoms with Crippen molar-refractivity contribution < 1.29 is 18.0 Å². The van der Waals surface area contributed by atoms with E-state index in [1.54, 1.807) is 68.4 Å². The number of amides is 2. The van der Waals surface area contributed by atoms with Crippen LogP contribution in [0.25, 0.3) is 0 Å². The molecule has 0 aromatic heterocycles. The predicted molar refractivity (Wildman–Crippen MR) is 152 cm³/mol. The lowest BCUT2D eigenvalue weighted by molar-refractivity contribution is -0.140. The second kappa shape index (κ2) is 12.7. The second-order valence-corrected chi connectivity index (χ2v) is 11.6. The van der Waals surface area contributed by atoms with E-state index < -0.39 is 28.5 Å². The summed E-state index contributed by atoms with van der Waals surface area (Å²) in [5, 5.41) is 3.48. The summed E-state index contributed by atoms with van der Waals surface area (Å²) in [6.07, 6.45) is 0.320. The number of rotatable bonds is 10. The normalized spacial score (nSPS) is 12.1. The van der Waals surface area contributed by atoms with Crippen LogP contribution in [0.5, 0.6) is 0 Å². The van der Waals surface area contributed by atoms with Crippen LogP contribution in [-0.4, -0.2) is 44.8 Å². The molecule has 0 unspecified atom stereocenters. The van der Waals surface area contributed by atoms with Crippen molar-refractivity contribution >= 4 is 50.7 Å². The van der Waals surface area contributed by atoms with Crippen LogP contribution in [0.2, 0.25) is 10.0 Å². The number of nitrogens with zero attached hydrogens (tertiary/aromatic N) is 2. The number of sulfonamides is 1. The van der Waals surface area contributed by atoms with E-state index in [9.17, 15) is 18.0 Å². The summed E-state index contributed by atoms with van der Waals surface area (Å²) in [4.78, 5) is 28.1. The number of benzene rings is 3. The molecule has 0 aliphatic carbocycles. The molecule has 0 spiro atoms. The van der Waals surface area contributed by atoms with Gasteiger partial charge in [-0.1, -0.05) is 66.0 Å². The van der Waals surface area contributed by atoms with E-state index in [4.69, 9.17) is 23.2 Å². The van der Waals surface area contributed by atoms with Crippen LogP contribution in [0.3, 0.4) is 0 Å². The molecule has 38 heavy (non-hydrogen) atoms. The van der Waals surface area contributed by atoms with Crippen molar-refractivity contribution in [3.63, 3.8) is 0 Å². The van der Waals surface area contributed by atoms with Crippen LogP contribution in [-0.2, 0) is 26.2 Å². The Morgan fingerprint density at radius 2 is 1.63 bits per heavy atom. The molecule has 0 saturated carbocycles. The summed E-state index contributed by atoms with van der Waals surface area (Å²) in [6.45, 7) is 4.87. The minimum absolute atomic E-state index is 0.0302. The Labute approximate surface area is 234 Å². The lowest BCUT2D eigenvalue weighted by atomic mass is 10.1. The molecule has 3 rings (SSSR count). The molecule has 0 saturated heterocycles. The first-order valence-corrected chi connectivity index (χ1v) is 14.3. The summed E-state index contributed by atoms with van der Waals surface area (Å²) < 4.78 is 28.9. The van der Waals surface area contributed by atoms with Gasteiger partial charge in [0.25, 0.3) is 10.0 Å². The van der Waals surface area contributed by atoms with Crippen molar-refractivity contribution in [3.8, 4) is 0 Å². The van der Waals surface area contributed by atoms with Gasteiger partial charge in [0.2, 0.25) is 11.8 Å². The summed E-state index contributed by atoms with van der Waals surface area (Å²) in [6, 6.07) is 17.4. The van der Waals surface area contributed by atoms with Gasteiger partial charge in [-0.3, -0.25) is 13.9 Å². The van der Waals surface area contributed by atoms with Crippen molar-refractivity contribution in [1.82, 2.24) is 10.2 Å². The molecule has 1 N–H and O–H groups in total. The first-order valence-electron chi connectivity index (χ1n) is 12.1. The summed E-state index contributed by atoms with van der Waals surface area (Å²) >= 11 is 12.5. The van der Waals surface area contributed by atoms with E-state index in [0.717, 1.165) is 9.87 Å². The van der Waals surface area contributed by atoms with Gasteiger partial charge < -0.3 is 10.2 Å². The molecule has 0 radical (unpaired) electrons. The fourth-order valence-electron chi connectivity index (χ4n) is 4.15. The molecule has 3 aromatic carbocycles. The van der Waals surface area contributed by atoms with Gasteiger partial charge in [-0.25, -0.2) is 8.42 Å². The quantitative estimate of drug-likeness (QED) is 0.352. The topological polar surface area (TPSA) is 86.8 Å². The van der Waals surface area contributed by atoms with Gasteiger partial charge in [0.1, 0.15) is 12.6 Å². The van der Waals surface area contributed by atoms with Gasteiger partial charge in [-0.05, 0) is 67.8 Å². The van der Waals surface area contributed by atoms with Crippen molar-refractivity contribution in [2.24, 2.45) is 0 Å². The largest absolute Gasteiger partial charge is 0.357 e. The monoisotopic (exact) mass is 575 g/mol. The van der Waals surface area contributed by atoms with Gasteiger partial charge >= 0.3 is 0 Å². The van der Waals surface area contributed by atoms with Crippen LogP contribution in [0.1, 0.15) is 30.0 Å². The average Bonchev–Trinajstić information content (AvgIpc) is 2.88. The standard InChI is InChI=1S/C28H31Cl2N3O4S/c1-5-25(28(35)31-4)32(17-21-8-6-7-9-24(21)30)27(34)18-33(26-15-12-22(29)16-20(26)3)38(36,37)23-13-10-19(2)11-14-23/h6-16,25H,5,17-18H2,1-4H3,(H,31,35)/t25-/m0/s1. The average molecular weight is 577 g/mol. The first-order chi connectivity index (χ1) is 18.0. The third-order valence-electron chi connectivity index (χ3n) is 6.25. The Morgan fingerprint density at radius 1 is 0.974 bits per heavy atom. The number of anilines is 1. The summed E-state index contributed by atoms with van der Waals surface area (Å²) in [7, 11) is -2.66. The van der Waals surface area contributed by atoms with Crippen LogP contribution in [0.4, 0.5) is 5.69 Å². The van der Waals surface area contributed by atoms with Crippen molar-refractivity contribution in [2.75, 3.05) is 17.9 Å². The maximum atomic E-state index is 13.9. The van der Waals surface area contributed by atoms with Gasteiger partial charge in [0.15, 0.2) is 0 Å². The fourth-order valence-corrected chi connectivity index (χ4v) is 6.05. The van der Waals surface area contributed by atoms with Crippen molar-refractivity contribution in [2.45, 2.75) is 44.7 Å². The number of halogens is 2. The van der Waals surface area contributed by atoms with Crippen molar-refractivity contribution in [1.29, 1.82) is 0 Å². The molecule has 10 heteroatoms. The number of aryl methyl sites for hydroxylation is 2. The number of nitrogens with one attached hydrogen (secondary N) is 1. The van der Waals surface area contributed by atoms with Crippen LogP contribution in [0.15, 0.2) is 71.6 Å². The highest BCUT2D eigenvalue weighted by Gasteiger charge is 2.34. The highest BCUT2D eigenvalue weighted by atomic mass is 35.5. The van der Waals surface area contributed by atoms with Crippen LogP contribution >= 0.6 is 23.2 Å². The van der Waals surface area contributed by atoms with Gasteiger partial charge in [0.05, 0.1) is 10.6 Å². The Bertz CT molecular complexity index is 1410. The van der Waals surface area contributed by atoms with Crippen LogP contribution < -0.4 is 9.62 Å². The molecule has 2 amide bonds. The smallest absolute Gasteiger partial charge is 0.264 e. The third-order valence-corrected chi connectivity index (χ3v) is 8.62. The minimum atomic E-state index is -4.16. The zero-order valence-electron chi connectivity index (χ0n) is 21.7. The Morgan fingerprint density at radius 3 is 2.21 bits per heavy atom. The SMILES string of the molecule is CC[C@@H](C(=O)NC)N(Cc1ccccc1Cl)C(=O)CN(c1ccc(Cl)cc1C)S(=O)(=O)c1ccc(C)cc1. The van der Waals surface area contributed by atoms with E-state index >= 15 is 0 Å². The summed E-state index contributed by atoms with van der Waals surface area (Å²) in [5.74, 6) is -0.908. The molecule has 0 aliphatic rings. The Balaban J connectivity index is 2.11. The minimum Gasteiger partial charge on any atom is -0.357 e. The number of carbonyl (C=O) groups excluding carboxylic acids is 2. The molecule has 3 aromatic rings. The first kappa shape index (κ1) is 29.5. The molecular formula is C28H31Cl2N3O4S. The highest BCUT2D eigenvalue weighted by Crippen LogP contribution is 2.30. The molecule has 7 nitrogen and oxygen atoms in total. The van der Waals surface area contributed by atoms with Gasteiger partial charge in [0, 0.05) is 23.6 Å². The molecule has 0 bridgehead atoms. The van der Waals surface area contributed by atoms with Crippen LogP contribution in [0, 0.1) is 13.8 Å². The predicted octanol–water partition coefficient (Wildman–Crippen LogP) is 5.36. The van der Waals surface area contributed by atoms with Gasteiger partial charge in [-0.2, -0.15) is 0 Å². The fraction of sp³-hybridized carbons (Fsp3) is 0.286. The molecule has 1 atom stereocenters. The van der Waals surface area contributed by atoms with Gasteiger partial charge in [-0.15, -0.1) is 0 Å². The zero-order chi connectivity index (χ0) is 28.0. The van der Waals surface area contributed by atoms with E-state index in [2.05, 4.69) is 5.32 Å². The van der Waals surface area contributed by atoms with E-state index in [1.165, 1.54) is 24.1 Å². The third kappa shape index (κ3) is 6.67. The molecule has 0 fully saturated rings. The molecule has 0 aliphatic heterocycles. The Kier molecular flexibility index (Phi) is 9.82.